The average Bonchev–Trinajstić information content (AvgIpc) is 2.45. The van der Waals surface area contributed by atoms with Crippen LogP contribution in [0.5, 0.6) is 0 Å². The summed E-state index contributed by atoms with van der Waals surface area (Å²) in [6, 6.07) is 7.42. The number of carbonyl (C=O) groups is 2. The normalized spacial score (nSPS) is 20.5. The van der Waals surface area contributed by atoms with Crippen LogP contribution < -0.4 is 5.32 Å². The van der Waals surface area contributed by atoms with E-state index < -0.39 is 0 Å². The van der Waals surface area contributed by atoms with Gasteiger partial charge in [0.1, 0.15) is 0 Å². The second-order valence-electron chi connectivity index (χ2n) is 5.34. The Bertz CT molecular complexity index is 507. The number of fused-ring (bicyclic) bond motifs is 1. The quantitative estimate of drug-likeness (QED) is 0.811. The molecular formula is C15H18N2O2. The van der Waals surface area contributed by atoms with Crippen LogP contribution in [-0.4, -0.2) is 36.3 Å². The first kappa shape index (κ1) is 12.4. The van der Waals surface area contributed by atoms with Crippen molar-refractivity contribution in [1.82, 2.24) is 10.2 Å². The monoisotopic (exact) mass is 258 g/mol. The zero-order chi connectivity index (χ0) is 13.2. The summed E-state index contributed by atoms with van der Waals surface area (Å²) in [6.45, 7) is 2.54. The van der Waals surface area contributed by atoms with E-state index in [-0.39, 0.29) is 11.8 Å². The van der Waals surface area contributed by atoms with E-state index in [9.17, 15) is 9.59 Å². The van der Waals surface area contributed by atoms with Crippen molar-refractivity contribution in [3.63, 3.8) is 0 Å². The van der Waals surface area contributed by atoms with E-state index in [1.54, 1.807) is 0 Å². The molecule has 3 rings (SSSR count). The molecular weight excluding hydrogens is 240 g/mol. The topological polar surface area (TPSA) is 49.4 Å². The molecule has 0 aromatic heterocycles. The molecule has 2 aliphatic heterocycles. The number of nitrogens with one attached hydrogen (secondary N) is 1. The third-order valence-corrected chi connectivity index (χ3v) is 4.04. The number of rotatable bonds is 2. The van der Waals surface area contributed by atoms with E-state index in [0.29, 0.717) is 24.4 Å². The van der Waals surface area contributed by atoms with Crippen molar-refractivity contribution in [2.24, 2.45) is 5.92 Å². The Morgan fingerprint density at radius 3 is 2.68 bits per heavy atom. The fourth-order valence-electron chi connectivity index (χ4n) is 2.91. The largest absolute Gasteiger partial charge is 0.317 e. The van der Waals surface area contributed by atoms with Crippen LogP contribution in [0.15, 0.2) is 24.3 Å². The predicted octanol–water partition coefficient (Wildman–Crippen LogP) is 1.21. The van der Waals surface area contributed by atoms with Crippen LogP contribution >= 0.6 is 0 Å². The van der Waals surface area contributed by atoms with E-state index in [4.69, 9.17) is 0 Å². The first-order valence-corrected chi connectivity index (χ1v) is 6.89. The number of amides is 2. The maximum Gasteiger partial charge on any atom is 0.260 e. The molecule has 1 aromatic rings. The highest BCUT2D eigenvalue weighted by molar-refractivity contribution is 6.09. The van der Waals surface area contributed by atoms with Gasteiger partial charge >= 0.3 is 0 Å². The van der Waals surface area contributed by atoms with E-state index >= 15 is 0 Å². The molecule has 1 fully saturated rings. The van der Waals surface area contributed by atoms with E-state index in [1.807, 2.05) is 24.3 Å². The minimum atomic E-state index is -0.120. The van der Waals surface area contributed by atoms with Gasteiger partial charge in [-0.1, -0.05) is 18.2 Å². The molecule has 1 saturated heterocycles. The molecule has 0 spiro atoms. The van der Waals surface area contributed by atoms with Gasteiger partial charge in [-0.25, -0.2) is 0 Å². The maximum absolute atomic E-state index is 12.4. The van der Waals surface area contributed by atoms with Gasteiger partial charge in [0.25, 0.3) is 5.91 Å². The highest BCUT2D eigenvalue weighted by Gasteiger charge is 2.32. The van der Waals surface area contributed by atoms with Gasteiger partial charge in [-0.15, -0.1) is 0 Å². The van der Waals surface area contributed by atoms with Crippen molar-refractivity contribution in [3.8, 4) is 0 Å². The fourth-order valence-corrected chi connectivity index (χ4v) is 2.91. The minimum Gasteiger partial charge on any atom is -0.317 e. The molecule has 0 bridgehead atoms. The first-order chi connectivity index (χ1) is 9.25. The summed E-state index contributed by atoms with van der Waals surface area (Å²) in [7, 11) is 0. The molecule has 0 atom stereocenters. The number of hydrogen-bond donors (Lipinski definition) is 1. The molecule has 2 amide bonds. The Hall–Kier alpha value is -1.68. The summed E-state index contributed by atoms with van der Waals surface area (Å²) >= 11 is 0. The van der Waals surface area contributed by atoms with Crippen molar-refractivity contribution in [2.45, 2.75) is 19.3 Å². The SMILES string of the molecule is O=C1Cc2ccccc2C(=O)N1CC1CCNCC1. The number of carbonyl (C=O) groups excluding carboxylic acids is 2. The number of nitrogens with zero attached hydrogens (tertiary/aromatic N) is 1. The van der Waals surface area contributed by atoms with Gasteiger partial charge in [-0.2, -0.15) is 0 Å². The molecule has 0 unspecified atom stereocenters. The summed E-state index contributed by atoms with van der Waals surface area (Å²) < 4.78 is 0. The lowest BCUT2D eigenvalue weighted by molar-refractivity contribution is -0.129. The second-order valence-corrected chi connectivity index (χ2v) is 5.34. The molecule has 1 N–H and O–H groups in total. The van der Waals surface area contributed by atoms with Gasteiger partial charge < -0.3 is 5.32 Å². The van der Waals surface area contributed by atoms with Crippen molar-refractivity contribution in [2.75, 3.05) is 19.6 Å². The Morgan fingerprint density at radius 1 is 1.16 bits per heavy atom. The molecule has 100 valence electrons. The lowest BCUT2D eigenvalue weighted by atomic mass is 9.94. The number of benzene rings is 1. The summed E-state index contributed by atoms with van der Waals surface area (Å²) in [5, 5.41) is 3.30. The Labute approximate surface area is 112 Å². The van der Waals surface area contributed by atoms with Gasteiger partial charge in [0.05, 0.1) is 6.42 Å². The maximum atomic E-state index is 12.4. The highest BCUT2D eigenvalue weighted by Crippen LogP contribution is 2.22. The third kappa shape index (κ3) is 2.40. The molecule has 1 aromatic carbocycles. The second kappa shape index (κ2) is 5.13. The van der Waals surface area contributed by atoms with Crippen molar-refractivity contribution in [1.29, 1.82) is 0 Å². The van der Waals surface area contributed by atoms with Gasteiger partial charge in [0, 0.05) is 12.1 Å². The zero-order valence-electron chi connectivity index (χ0n) is 10.9. The van der Waals surface area contributed by atoms with Crippen molar-refractivity contribution >= 4 is 11.8 Å². The molecule has 4 heteroatoms. The molecule has 19 heavy (non-hydrogen) atoms. The Morgan fingerprint density at radius 2 is 1.89 bits per heavy atom. The molecule has 0 radical (unpaired) electrons. The Balaban J connectivity index is 1.79. The Kier molecular flexibility index (Phi) is 3.34. The summed E-state index contributed by atoms with van der Waals surface area (Å²) in [4.78, 5) is 26.0. The summed E-state index contributed by atoms with van der Waals surface area (Å²) in [5.74, 6) is 0.270. The van der Waals surface area contributed by atoms with Crippen LogP contribution in [0.2, 0.25) is 0 Å². The summed E-state index contributed by atoms with van der Waals surface area (Å²) in [5.41, 5.74) is 1.55. The lowest BCUT2D eigenvalue weighted by Gasteiger charge is -2.31. The van der Waals surface area contributed by atoms with Gasteiger partial charge in [0.2, 0.25) is 5.91 Å². The van der Waals surface area contributed by atoms with Crippen LogP contribution in [0.1, 0.15) is 28.8 Å². The van der Waals surface area contributed by atoms with Crippen LogP contribution in [0.25, 0.3) is 0 Å². The van der Waals surface area contributed by atoms with Crippen LogP contribution in [0, 0.1) is 5.92 Å². The van der Waals surface area contributed by atoms with Crippen molar-refractivity contribution < 1.29 is 9.59 Å². The molecule has 4 nitrogen and oxygen atoms in total. The smallest absolute Gasteiger partial charge is 0.260 e. The minimum absolute atomic E-state index is 0.0535. The van der Waals surface area contributed by atoms with Crippen LogP contribution in [-0.2, 0) is 11.2 Å². The standard InChI is InChI=1S/C15H18N2O2/c18-14-9-12-3-1-2-4-13(12)15(19)17(14)10-11-5-7-16-8-6-11/h1-4,11,16H,5-10H2. The van der Waals surface area contributed by atoms with Crippen LogP contribution in [0.3, 0.4) is 0 Å². The predicted molar refractivity (Wildman–Crippen MR) is 71.8 cm³/mol. The average molecular weight is 258 g/mol. The van der Waals surface area contributed by atoms with Crippen molar-refractivity contribution in [3.05, 3.63) is 35.4 Å². The first-order valence-electron chi connectivity index (χ1n) is 6.89. The van der Waals surface area contributed by atoms with E-state index in [0.717, 1.165) is 31.5 Å². The van der Waals surface area contributed by atoms with Gasteiger partial charge in [0.15, 0.2) is 0 Å². The molecule has 0 saturated carbocycles. The molecule has 0 aliphatic carbocycles. The number of piperidine rings is 1. The molecule has 2 heterocycles. The van der Waals surface area contributed by atoms with E-state index in [2.05, 4.69) is 5.32 Å². The zero-order valence-corrected chi connectivity index (χ0v) is 10.9. The number of imide groups is 1. The van der Waals surface area contributed by atoms with Gasteiger partial charge in [-0.3, -0.25) is 14.5 Å². The summed E-state index contributed by atoms with van der Waals surface area (Å²) in [6.07, 6.45) is 2.43. The lowest BCUT2D eigenvalue weighted by Crippen LogP contribution is -2.46. The number of hydrogen-bond acceptors (Lipinski definition) is 3. The highest BCUT2D eigenvalue weighted by atomic mass is 16.2. The molecule has 2 aliphatic rings. The van der Waals surface area contributed by atoms with E-state index in [1.165, 1.54) is 4.90 Å². The van der Waals surface area contributed by atoms with Gasteiger partial charge in [-0.05, 0) is 43.5 Å². The van der Waals surface area contributed by atoms with Crippen LogP contribution in [0.4, 0.5) is 0 Å². The fraction of sp³-hybridized carbons (Fsp3) is 0.467. The third-order valence-electron chi connectivity index (χ3n) is 4.04.